The molecule has 1 amide bonds. The number of aromatic nitrogens is 2. The Morgan fingerprint density at radius 2 is 1.88 bits per heavy atom. The highest BCUT2D eigenvalue weighted by molar-refractivity contribution is 7.10. The van der Waals surface area contributed by atoms with Crippen LogP contribution in [0.5, 0.6) is 5.75 Å². The minimum absolute atomic E-state index is 0.0836. The fourth-order valence-corrected chi connectivity index (χ4v) is 4.99. The molecule has 1 aliphatic rings. The van der Waals surface area contributed by atoms with E-state index in [1.165, 1.54) is 5.56 Å². The van der Waals surface area contributed by atoms with E-state index < -0.39 is 0 Å². The lowest BCUT2D eigenvalue weighted by Crippen LogP contribution is -2.38. The first kappa shape index (κ1) is 21.5. The quantitative estimate of drug-likeness (QED) is 0.341. The van der Waals surface area contributed by atoms with Crippen LogP contribution in [0.15, 0.2) is 72.1 Å². The van der Waals surface area contributed by atoms with E-state index in [1.807, 2.05) is 46.7 Å². The molecule has 0 N–H and O–H groups in total. The number of rotatable bonds is 6. The molecule has 2 aromatic heterocycles. The lowest BCUT2D eigenvalue weighted by Gasteiger charge is -2.33. The van der Waals surface area contributed by atoms with Gasteiger partial charge in [0.15, 0.2) is 0 Å². The zero-order chi connectivity index (χ0) is 22.6. The van der Waals surface area contributed by atoms with E-state index in [0.29, 0.717) is 12.6 Å². The number of likely N-dealkylation sites (tertiary alicyclic amines) is 1. The lowest BCUT2D eigenvalue weighted by molar-refractivity contribution is -0.127. The van der Waals surface area contributed by atoms with Gasteiger partial charge in [0.05, 0.1) is 11.0 Å². The molecule has 5 rings (SSSR count). The molecule has 2 aromatic carbocycles. The van der Waals surface area contributed by atoms with Gasteiger partial charge in [-0.1, -0.05) is 35.9 Å². The zero-order valence-electron chi connectivity index (χ0n) is 18.7. The van der Waals surface area contributed by atoms with Gasteiger partial charge in [0.2, 0.25) is 5.91 Å². The maximum atomic E-state index is 12.7. The van der Waals surface area contributed by atoms with Gasteiger partial charge >= 0.3 is 0 Å². The van der Waals surface area contributed by atoms with Crippen LogP contribution in [0.25, 0.3) is 17.1 Å². The molecule has 4 aromatic rings. The number of amides is 1. The molecule has 0 unspecified atom stereocenters. The van der Waals surface area contributed by atoms with E-state index in [0.717, 1.165) is 53.4 Å². The van der Waals surface area contributed by atoms with Crippen molar-refractivity contribution in [2.75, 3.05) is 13.1 Å². The number of carbonyl (C=O) groups excluding carboxylic acids is 1. The van der Waals surface area contributed by atoms with E-state index in [2.05, 4.69) is 41.8 Å². The maximum absolute atomic E-state index is 12.7. The van der Waals surface area contributed by atoms with Gasteiger partial charge in [-0.25, -0.2) is 4.98 Å². The van der Waals surface area contributed by atoms with Gasteiger partial charge in [-0.3, -0.25) is 4.79 Å². The number of hydrogen-bond donors (Lipinski definition) is 0. The molecule has 1 saturated heterocycles. The molecular formula is C27H27N3O2S. The summed E-state index contributed by atoms with van der Waals surface area (Å²) < 4.78 is 8.40. The molecule has 0 atom stereocenters. The van der Waals surface area contributed by atoms with Crippen LogP contribution >= 0.6 is 11.3 Å². The van der Waals surface area contributed by atoms with Gasteiger partial charge in [0, 0.05) is 30.1 Å². The zero-order valence-corrected chi connectivity index (χ0v) is 19.5. The van der Waals surface area contributed by atoms with Gasteiger partial charge in [0.25, 0.3) is 0 Å². The van der Waals surface area contributed by atoms with Crippen LogP contribution in [0, 0.1) is 6.92 Å². The topological polar surface area (TPSA) is 47.4 Å². The van der Waals surface area contributed by atoms with Crippen LogP contribution in [0.1, 0.15) is 35.1 Å². The number of aryl methyl sites for hydroxylation is 1. The Morgan fingerprint density at radius 3 is 2.64 bits per heavy atom. The molecule has 0 aliphatic carbocycles. The summed E-state index contributed by atoms with van der Waals surface area (Å²) in [5.74, 6) is 1.86. The third kappa shape index (κ3) is 4.86. The highest BCUT2D eigenvalue weighted by atomic mass is 32.1. The summed E-state index contributed by atoms with van der Waals surface area (Å²) in [5.41, 5.74) is 3.32. The van der Waals surface area contributed by atoms with E-state index in [1.54, 1.807) is 17.4 Å². The van der Waals surface area contributed by atoms with Crippen LogP contribution in [0.2, 0.25) is 0 Å². The Hall–Kier alpha value is -3.38. The molecule has 0 spiro atoms. The van der Waals surface area contributed by atoms with Gasteiger partial charge in [0.1, 0.15) is 18.2 Å². The number of ether oxygens (including phenoxy) is 1. The first-order chi connectivity index (χ1) is 16.2. The number of para-hydroxylation sites is 2. The third-order valence-corrected chi connectivity index (χ3v) is 6.97. The Morgan fingerprint density at radius 1 is 1.09 bits per heavy atom. The number of thiophene rings is 1. The predicted octanol–water partition coefficient (Wildman–Crippen LogP) is 5.86. The standard InChI is InChI=1S/C27H27N3O2S/c1-20-8-10-22(11-9-20)32-19-26-28-24-6-2-3-7-25(24)30(26)21-14-16-29(17-15-21)27(31)13-12-23-5-4-18-33-23/h2-13,18,21H,14-17,19H2,1H3. The first-order valence-electron chi connectivity index (χ1n) is 11.3. The second-order valence-electron chi connectivity index (χ2n) is 8.39. The van der Waals surface area contributed by atoms with Crippen molar-refractivity contribution in [3.63, 3.8) is 0 Å². The molecule has 1 aliphatic heterocycles. The third-order valence-electron chi connectivity index (χ3n) is 6.13. The molecule has 6 heteroatoms. The second kappa shape index (κ2) is 9.63. The van der Waals surface area contributed by atoms with Crippen molar-refractivity contribution >= 4 is 34.4 Å². The van der Waals surface area contributed by atoms with E-state index in [-0.39, 0.29) is 5.91 Å². The SMILES string of the molecule is Cc1ccc(OCc2nc3ccccc3n2C2CCN(C(=O)C=Cc3cccs3)CC2)cc1. The monoisotopic (exact) mass is 457 g/mol. The molecule has 0 saturated carbocycles. The van der Waals surface area contributed by atoms with Crippen LogP contribution in [0.3, 0.4) is 0 Å². The minimum Gasteiger partial charge on any atom is -0.486 e. The van der Waals surface area contributed by atoms with Crippen LogP contribution < -0.4 is 4.74 Å². The smallest absolute Gasteiger partial charge is 0.246 e. The van der Waals surface area contributed by atoms with E-state index >= 15 is 0 Å². The Kier molecular flexibility index (Phi) is 6.26. The van der Waals surface area contributed by atoms with Gasteiger partial charge in [-0.2, -0.15) is 0 Å². The Balaban J connectivity index is 1.30. The van der Waals surface area contributed by atoms with Crippen LogP contribution in [-0.4, -0.2) is 33.4 Å². The highest BCUT2D eigenvalue weighted by Crippen LogP contribution is 2.30. The van der Waals surface area contributed by atoms with Crippen molar-refractivity contribution in [2.45, 2.75) is 32.4 Å². The number of benzene rings is 2. The number of nitrogens with zero attached hydrogens (tertiary/aromatic N) is 3. The summed E-state index contributed by atoms with van der Waals surface area (Å²) in [4.78, 5) is 20.6. The van der Waals surface area contributed by atoms with Crippen LogP contribution in [-0.2, 0) is 11.4 Å². The second-order valence-corrected chi connectivity index (χ2v) is 9.37. The lowest BCUT2D eigenvalue weighted by atomic mass is 10.0. The normalized spacial score (nSPS) is 14.9. The summed E-state index contributed by atoms with van der Waals surface area (Å²) in [7, 11) is 0. The Labute approximate surface area is 197 Å². The molecule has 168 valence electrons. The average Bonchev–Trinajstić information content (AvgIpc) is 3.50. The molecule has 0 bridgehead atoms. The number of carbonyl (C=O) groups is 1. The summed E-state index contributed by atoms with van der Waals surface area (Å²) in [6.07, 6.45) is 5.40. The fraction of sp³-hybridized carbons (Fsp3) is 0.259. The Bertz CT molecular complexity index is 1250. The molecule has 1 fully saturated rings. The van der Waals surface area contributed by atoms with Gasteiger partial charge in [-0.15, -0.1) is 11.3 Å². The summed E-state index contributed by atoms with van der Waals surface area (Å²) in [6, 6.07) is 20.7. The van der Waals surface area contributed by atoms with Gasteiger partial charge < -0.3 is 14.2 Å². The average molecular weight is 458 g/mol. The van der Waals surface area contributed by atoms with Crippen molar-refractivity contribution < 1.29 is 9.53 Å². The molecular weight excluding hydrogens is 430 g/mol. The van der Waals surface area contributed by atoms with Crippen molar-refractivity contribution in [1.29, 1.82) is 0 Å². The molecule has 33 heavy (non-hydrogen) atoms. The number of hydrogen-bond acceptors (Lipinski definition) is 4. The van der Waals surface area contributed by atoms with E-state index in [9.17, 15) is 4.79 Å². The van der Waals surface area contributed by atoms with E-state index in [4.69, 9.17) is 9.72 Å². The van der Waals surface area contributed by atoms with Crippen molar-refractivity contribution in [2.24, 2.45) is 0 Å². The maximum Gasteiger partial charge on any atom is 0.246 e. The largest absolute Gasteiger partial charge is 0.486 e. The van der Waals surface area contributed by atoms with Crippen molar-refractivity contribution in [1.82, 2.24) is 14.5 Å². The fourth-order valence-electron chi connectivity index (χ4n) is 4.38. The number of imidazole rings is 1. The highest BCUT2D eigenvalue weighted by Gasteiger charge is 2.26. The molecule has 5 nitrogen and oxygen atoms in total. The van der Waals surface area contributed by atoms with Crippen molar-refractivity contribution in [3.8, 4) is 5.75 Å². The molecule has 0 radical (unpaired) electrons. The summed E-state index contributed by atoms with van der Waals surface area (Å²) in [6.45, 7) is 3.96. The number of piperidine rings is 1. The van der Waals surface area contributed by atoms with Crippen LogP contribution in [0.4, 0.5) is 0 Å². The summed E-state index contributed by atoms with van der Waals surface area (Å²) >= 11 is 1.64. The minimum atomic E-state index is 0.0836. The predicted molar refractivity (Wildman–Crippen MR) is 133 cm³/mol. The first-order valence-corrected chi connectivity index (χ1v) is 12.2. The van der Waals surface area contributed by atoms with Crippen molar-refractivity contribution in [3.05, 3.63) is 88.4 Å². The number of fused-ring (bicyclic) bond motifs is 1. The summed E-state index contributed by atoms with van der Waals surface area (Å²) in [5, 5.41) is 2.02. The molecule has 3 heterocycles. The van der Waals surface area contributed by atoms with Gasteiger partial charge in [-0.05, 0) is 61.6 Å².